The summed E-state index contributed by atoms with van der Waals surface area (Å²) >= 11 is 0. The maximum absolute atomic E-state index is 5.71. The molecule has 4 atom stereocenters. The van der Waals surface area contributed by atoms with Crippen LogP contribution in [0.15, 0.2) is 0 Å². The number of unbranched alkanes of at least 4 members (excludes halogenated alkanes) is 4. The van der Waals surface area contributed by atoms with E-state index in [0.717, 1.165) is 12.8 Å². The zero-order chi connectivity index (χ0) is 12.1. The Balaban J connectivity index is 1.45. The van der Waals surface area contributed by atoms with Gasteiger partial charge in [0, 0.05) is 0 Å². The van der Waals surface area contributed by atoms with Gasteiger partial charge in [-0.15, -0.1) is 0 Å². The Labute approximate surface area is 105 Å². The van der Waals surface area contributed by atoms with Crippen LogP contribution in [0.3, 0.4) is 0 Å². The highest BCUT2D eigenvalue weighted by Crippen LogP contribution is 2.36. The van der Waals surface area contributed by atoms with Gasteiger partial charge >= 0.3 is 0 Å². The van der Waals surface area contributed by atoms with Crippen LogP contribution in [0.4, 0.5) is 0 Å². The molecule has 0 aromatic heterocycles. The van der Waals surface area contributed by atoms with Crippen molar-refractivity contribution in [3.8, 4) is 0 Å². The first kappa shape index (κ1) is 13.3. The van der Waals surface area contributed by atoms with Crippen LogP contribution >= 0.6 is 0 Å². The average Bonchev–Trinajstić information content (AvgIpc) is 3.21. The Morgan fingerprint density at radius 2 is 1.24 bits per heavy atom. The van der Waals surface area contributed by atoms with E-state index in [1.54, 1.807) is 0 Å². The molecule has 0 N–H and O–H groups in total. The van der Waals surface area contributed by atoms with Crippen LogP contribution in [-0.4, -0.2) is 24.8 Å². The van der Waals surface area contributed by atoms with Gasteiger partial charge in [0.15, 0.2) is 12.6 Å². The van der Waals surface area contributed by atoms with Gasteiger partial charge in [0.2, 0.25) is 0 Å². The summed E-state index contributed by atoms with van der Waals surface area (Å²) in [6.07, 6.45) is 10.7. The Hall–Kier alpha value is -0.120. The monoisotopic (exact) mass is 242 g/mol. The van der Waals surface area contributed by atoms with E-state index in [0.29, 0.717) is 12.2 Å². The maximum Gasteiger partial charge on any atom is 0.187 e. The van der Waals surface area contributed by atoms with Crippen LogP contribution in [0, 0.1) is 0 Å². The van der Waals surface area contributed by atoms with Crippen LogP contribution in [-0.2, 0) is 14.2 Å². The van der Waals surface area contributed by atoms with Gasteiger partial charge in [-0.25, -0.2) is 0 Å². The van der Waals surface area contributed by atoms with E-state index in [-0.39, 0.29) is 12.6 Å². The van der Waals surface area contributed by atoms with Gasteiger partial charge in [0.1, 0.15) is 12.2 Å². The van der Waals surface area contributed by atoms with Crippen molar-refractivity contribution in [2.75, 3.05) is 0 Å². The molecule has 2 aliphatic heterocycles. The minimum Gasteiger partial charge on any atom is -0.341 e. The predicted octanol–water partition coefficient (Wildman–Crippen LogP) is 3.61. The quantitative estimate of drug-likeness (QED) is 0.433. The van der Waals surface area contributed by atoms with Gasteiger partial charge in [0.05, 0.1) is 0 Å². The molecule has 0 aromatic carbocycles. The molecule has 0 amide bonds. The highest BCUT2D eigenvalue weighted by atomic mass is 16.9. The van der Waals surface area contributed by atoms with Crippen molar-refractivity contribution in [3.05, 3.63) is 0 Å². The summed E-state index contributed by atoms with van der Waals surface area (Å²) in [5, 5.41) is 0. The molecule has 0 aliphatic carbocycles. The molecular formula is C14H26O3. The second-order valence-electron chi connectivity index (χ2n) is 5.21. The fourth-order valence-electron chi connectivity index (χ4n) is 2.22. The molecule has 2 fully saturated rings. The van der Waals surface area contributed by atoms with Crippen LogP contribution in [0.2, 0.25) is 0 Å². The van der Waals surface area contributed by atoms with E-state index in [9.17, 15) is 0 Å². The first-order chi connectivity index (χ1) is 8.35. The second kappa shape index (κ2) is 6.72. The number of hydrogen-bond donors (Lipinski definition) is 0. The van der Waals surface area contributed by atoms with E-state index in [1.807, 2.05) is 0 Å². The third-order valence-electron chi connectivity index (χ3n) is 3.52. The normalized spacial score (nSPS) is 34.9. The first-order valence-corrected chi connectivity index (χ1v) is 7.31. The second-order valence-corrected chi connectivity index (χ2v) is 5.21. The molecular weight excluding hydrogens is 216 g/mol. The summed E-state index contributed by atoms with van der Waals surface area (Å²) in [6.45, 7) is 4.45. The molecule has 2 aliphatic rings. The maximum atomic E-state index is 5.71. The lowest BCUT2D eigenvalue weighted by molar-refractivity contribution is -0.0103. The van der Waals surface area contributed by atoms with Crippen LogP contribution < -0.4 is 0 Å². The minimum atomic E-state index is 0.0352. The Bertz CT molecular complexity index is 198. The summed E-state index contributed by atoms with van der Waals surface area (Å²) in [7, 11) is 0. The minimum absolute atomic E-state index is 0.0352. The van der Waals surface area contributed by atoms with Crippen molar-refractivity contribution < 1.29 is 14.2 Å². The van der Waals surface area contributed by atoms with Gasteiger partial charge in [-0.2, -0.15) is 0 Å². The van der Waals surface area contributed by atoms with Crippen LogP contribution in [0.1, 0.15) is 65.2 Å². The molecule has 100 valence electrons. The Morgan fingerprint density at radius 1 is 0.765 bits per heavy atom. The molecule has 2 rings (SSSR count). The SMILES string of the molecule is CCCCCC1OC1OC1OC1CCCCC. The molecule has 2 heterocycles. The fraction of sp³-hybridized carbons (Fsp3) is 1.00. The van der Waals surface area contributed by atoms with Crippen molar-refractivity contribution in [3.63, 3.8) is 0 Å². The van der Waals surface area contributed by atoms with E-state index < -0.39 is 0 Å². The van der Waals surface area contributed by atoms with Crippen molar-refractivity contribution in [1.29, 1.82) is 0 Å². The lowest BCUT2D eigenvalue weighted by Crippen LogP contribution is -2.06. The van der Waals surface area contributed by atoms with E-state index in [4.69, 9.17) is 14.2 Å². The van der Waals surface area contributed by atoms with Crippen LogP contribution in [0.25, 0.3) is 0 Å². The van der Waals surface area contributed by atoms with E-state index in [1.165, 1.54) is 38.5 Å². The molecule has 0 saturated carbocycles. The number of epoxide rings is 2. The Morgan fingerprint density at radius 3 is 1.65 bits per heavy atom. The number of hydrogen-bond acceptors (Lipinski definition) is 3. The van der Waals surface area contributed by atoms with E-state index in [2.05, 4.69) is 13.8 Å². The third kappa shape index (κ3) is 4.57. The molecule has 17 heavy (non-hydrogen) atoms. The van der Waals surface area contributed by atoms with Crippen LogP contribution in [0.5, 0.6) is 0 Å². The third-order valence-corrected chi connectivity index (χ3v) is 3.52. The molecule has 3 nitrogen and oxygen atoms in total. The lowest BCUT2D eigenvalue weighted by atomic mass is 10.1. The molecule has 2 saturated heterocycles. The van der Waals surface area contributed by atoms with Gasteiger partial charge in [-0.1, -0.05) is 52.4 Å². The van der Waals surface area contributed by atoms with Crippen molar-refractivity contribution in [2.24, 2.45) is 0 Å². The molecule has 0 spiro atoms. The molecule has 4 unspecified atom stereocenters. The highest BCUT2D eigenvalue weighted by Gasteiger charge is 2.48. The zero-order valence-corrected chi connectivity index (χ0v) is 11.2. The summed E-state index contributed by atoms with van der Waals surface area (Å²) in [5.74, 6) is 0. The van der Waals surface area contributed by atoms with Gasteiger partial charge in [-0.05, 0) is 12.8 Å². The summed E-state index contributed by atoms with van der Waals surface area (Å²) in [4.78, 5) is 0. The number of rotatable bonds is 10. The predicted molar refractivity (Wildman–Crippen MR) is 66.7 cm³/mol. The molecule has 0 radical (unpaired) electrons. The molecule has 0 aromatic rings. The summed E-state index contributed by atoms with van der Waals surface area (Å²) in [6, 6.07) is 0. The molecule has 3 heteroatoms. The zero-order valence-electron chi connectivity index (χ0n) is 11.2. The molecule has 0 bridgehead atoms. The van der Waals surface area contributed by atoms with Gasteiger partial charge < -0.3 is 14.2 Å². The fourth-order valence-corrected chi connectivity index (χ4v) is 2.22. The standard InChI is InChI=1S/C14H26O3/c1-3-5-7-9-11-13(15-11)17-14-12(16-14)10-8-6-4-2/h11-14H,3-10H2,1-2H3. The van der Waals surface area contributed by atoms with Gasteiger partial charge in [-0.3, -0.25) is 0 Å². The van der Waals surface area contributed by atoms with Crippen molar-refractivity contribution in [1.82, 2.24) is 0 Å². The lowest BCUT2D eigenvalue weighted by Gasteiger charge is -1.96. The van der Waals surface area contributed by atoms with Gasteiger partial charge in [0.25, 0.3) is 0 Å². The largest absolute Gasteiger partial charge is 0.341 e. The summed E-state index contributed by atoms with van der Waals surface area (Å²) in [5.41, 5.74) is 0. The topological polar surface area (TPSA) is 34.3 Å². The smallest absolute Gasteiger partial charge is 0.187 e. The van der Waals surface area contributed by atoms with Crippen molar-refractivity contribution >= 4 is 0 Å². The van der Waals surface area contributed by atoms with Crippen molar-refractivity contribution in [2.45, 2.75) is 90.0 Å². The summed E-state index contributed by atoms with van der Waals surface area (Å²) < 4.78 is 16.7. The first-order valence-electron chi connectivity index (χ1n) is 7.31. The number of ether oxygens (including phenoxy) is 3. The highest BCUT2D eigenvalue weighted by molar-refractivity contribution is 4.83. The van der Waals surface area contributed by atoms with E-state index >= 15 is 0 Å². The average molecular weight is 242 g/mol. The Kier molecular flexibility index (Phi) is 5.26.